The van der Waals surface area contributed by atoms with Gasteiger partial charge in [0.1, 0.15) is 29.2 Å². The van der Waals surface area contributed by atoms with E-state index in [0.717, 1.165) is 33.4 Å². The van der Waals surface area contributed by atoms with Gasteiger partial charge in [-0.25, -0.2) is 14.4 Å². The Kier molecular flexibility index (Phi) is 6.85. The molecule has 1 amide bonds. The Labute approximate surface area is 206 Å². The van der Waals surface area contributed by atoms with E-state index in [0.29, 0.717) is 31.8 Å². The number of rotatable bonds is 10. The van der Waals surface area contributed by atoms with E-state index in [1.165, 1.54) is 24.6 Å². The zero-order valence-corrected chi connectivity index (χ0v) is 19.7. The van der Waals surface area contributed by atoms with Crippen molar-refractivity contribution in [2.45, 2.75) is 19.4 Å². The maximum atomic E-state index is 13.6. The minimum atomic E-state index is -0.472. The number of methoxy groups -OCH3 is 1. The molecule has 0 bridgehead atoms. The second-order valence-corrected chi connectivity index (χ2v) is 8.19. The van der Waals surface area contributed by atoms with E-state index in [9.17, 15) is 9.18 Å². The van der Waals surface area contributed by atoms with Gasteiger partial charge in [-0.2, -0.15) is 0 Å². The van der Waals surface area contributed by atoms with Gasteiger partial charge in [0.05, 0.1) is 30.3 Å². The minimum absolute atomic E-state index is 0.0282. The molecule has 0 aliphatic heterocycles. The molecular weight excluding hydrogens is 463 g/mol. The van der Waals surface area contributed by atoms with Crippen LogP contribution in [0.1, 0.15) is 27.9 Å². The molecule has 0 saturated carbocycles. The maximum Gasteiger partial charge on any atom is 0.273 e. The number of fused-ring (bicyclic) bond motifs is 3. The Balaban J connectivity index is 1.10. The SMILES string of the molecule is COc1cccc2ccc3[nH]c(CCNCCc4nc(C(=O)NCc5ncccc5F)co4)nc3c12. The number of hydrogen-bond acceptors (Lipinski definition) is 7. The Morgan fingerprint density at radius 1 is 1.11 bits per heavy atom. The number of pyridine rings is 1. The number of benzene rings is 2. The summed E-state index contributed by atoms with van der Waals surface area (Å²) in [5.41, 5.74) is 2.18. The summed E-state index contributed by atoms with van der Waals surface area (Å²) in [6, 6.07) is 12.8. The molecule has 3 aromatic heterocycles. The van der Waals surface area contributed by atoms with Crippen LogP contribution in [-0.4, -0.2) is 46.0 Å². The lowest BCUT2D eigenvalue weighted by Gasteiger charge is -2.05. The van der Waals surface area contributed by atoms with Gasteiger partial charge in [0.25, 0.3) is 5.91 Å². The largest absolute Gasteiger partial charge is 0.496 e. The molecular formula is C26H25FN6O3. The van der Waals surface area contributed by atoms with E-state index in [1.54, 1.807) is 7.11 Å². The van der Waals surface area contributed by atoms with Gasteiger partial charge in [-0.05, 0) is 29.7 Å². The van der Waals surface area contributed by atoms with Crippen molar-refractivity contribution >= 4 is 27.7 Å². The molecule has 184 valence electrons. The number of hydrogen-bond donors (Lipinski definition) is 3. The lowest BCUT2D eigenvalue weighted by atomic mass is 10.1. The molecule has 2 aromatic carbocycles. The number of aromatic amines is 1. The predicted octanol–water partition coefficient (Wildman–Crippen LogP) is 3.55. The number of amides is 1. The first-order valence-electron chi connectivity index (χ1n) is 11.6. The van der Waals surface area contributed by atoms with Crippen LogP contribution in [0.2, 0.25) is 0 Å². The maximum absolute atomic E-state index is 13.6. The molecule has 5 rings (SSSR count). The smallest absolute Gasteiger partial charge is 0.273 e. The molecule has 3 N–H and O–H groups in total. The van der Waals surface area contributed by atoms with Crippen molar-refractivity contribution in [1.82, 2.24) is 30.6 Å². The monoisotopic (exact) mass is 488 g/mol. The van der Waals surface area contributed by atoms with E-state index in [1.807, 2.05) is 24.3 Å². The quantitative estimate of drug-likeness (QED) is 0.257. The fourth-order valence-electron chi connectivity index (χ4n) is 4.01. The second kappa shape index (κ2) is 10.5. The highest BCUT2D eigenvalue weighted by molar-refractivity contribution is 6.07. The Morgan fingerprint density at radius 3 is 2.86 bits per heavy atom. The highest BCUT2D eigenvalue weighted by Gasteiger charge is 2.14. The molecule has 10 heteroatoms. The average Bonchev–Trinajstić information content (AvgIpc) is 3.54. The highest BCUT2D eigenvalue weighted by atomic mass is 19.1. The molecule has 0 fully saturated rings. The highest BCUT2D eigenvalue weighted by Crippen LogP contribution is 2.31. The van der Waals surface area contributed by atoms with Gasteiger partial charge < -0.3 is 24.8 Å². The third-order valence-electron chi connectivity index (χ3n) is 5.82. The zero-order valence-electron chi connectivity index (χ0n) is 19.7. The van der Waals surface area contributed by atoms with Gasteiger partial charge in [-0.15, -0.1) is 0 Å². The number of carbonyl (C=O) groups excluding carboxylic acids is 1. The fourth-order valence-corrected chi connectivity index (χ4v) is 4.01. The fraction of sp³-hybridized carbons (Fsp3) is 0.231. The number of carbonyl (C=O) groups is 1. The summed E-state index contributed by atoms with van der Waals surface area (Å²) in [5, 5.41) is 8.02. The molecule has 36 heavy (non-hydrogen) atoms. The van der Waals surface area contributed by atoms with Crippen LogP contribution in [0.15, 0.2) is 59.3 Å². The Bertz CT molecular complexity index is 1510. The van der Waals surface area contributed by atoms with Crippen LogP contribution in [-0.2, 0) is 19.4 Å². The van der Waals surface area contributed by atoms with Crippen LogP contribution < -0.4 is 15.4 Å². The molecule has 0 radical (unpaired) electrons. The minimum Gasteiger partial charge on any atom is -0.496 e. The van der Waals surface area contributed by atoms with Crippen LogP contribution in [0.4, 0.5) is 4.39 Å². The third-order valence-corrected chi connectivity index (χ3v) is 5.82. The van der Waals surface area contributed by atoms with Crippen LogP contribution in [0.5, 0.6) is 5.75 Å². The first-order chi connectivity index (χ1) is 17.6. The molecule has 0 saturated heterocycles. The molecule has 0 aliphatic rings. The van der Waals surface area contributed by atoms with Gasteiger partial charge in [-0.3, -0.25) is 9.78 Å². The first kappa shape index (κ1) is 23.4. The van der Waals surface area contributed by atoms with E-state index >= 15 is 0 Å². The van der Waals surface area contributed by atoms with E-state index in [-0.39, 0.29) is 17.9 Å². The number of aromatic nitrogens is 4. The predicted molar refractivity (Wildman–Crippen MR) is 132 cm³/mol. The number of halogens is 1. The van der Waals surface area contributed by atoms with Crippen molar-refractivity contribution in [1.29, 1.82) is 0 Å². The van der Waals surface area contributed by atoms with E-state index < -0.39 is 11.7 Å². The normalized spacial score (nSPS) is 11.3. The molecule has 5 aromatic rings. The summed E-state index contributed by atoms with van der Waals surface area (Å²) in [7, 11) is 1.66. The lowest BCUT2D eigenvalue weighted by Crippen LogP contribution is -2.24. The Morgan fingerprint density at radius 2 is 2.00 bits per heavy atom. The van der Waals surface area contributed by atoms with Crippen LogP contribution in [0, 0.1) is 5.82 Å². The molecule has 0 atom stereocenters. The van der Waals surface area contributed by atoms with Crippen molar-refractivity contribution < 1.29 is 18.3 Å². The van der Waals surface area contributed by atoms with Gasteiger partial charge >= 0.3 is 0 Å². The summed E-state index contributed by atoms with van der Waals surface area (Å²) in [5.74, 6) is 1.21. The van der Waals surface area contributed by atoms with Gasteiger partial charge in [-0.1, -0.05) is 18.2 Å². The molecule has 9 nitrogen and oxygen atoms in total. The standard InChI is InChI=1S/C26H25FN6O3/c1-35-21-6-2-4-16-7-8-18-25(24(16)21)33-22(31-18)9-12-28-13-10-23-32-20(15-36-23)26(34)30-14-19-17(27)5-3-11-29-19/h2-8,11,15,28H,9-10,12-14H2,1H3,(H,30,34)(H,31,33). The average molecular weight is 489 g/mol. The van der Waals surface area contributed by atoms with Crippen LogP contribution in [0.25, 0.3) is 21.8 Å². The molecule has 0 aliphatic carbocycles. The first-order valence-corrected chi connectivity index (χ1v) is 11.6. The summed E-state index contributed by atoms with van der Waals surface area (Å²) < 4.78 is 24.6. The third kappa shape index (κ3) is 5.03. The number of ether oxygens (including phenoxy) is 1. The van der Waals surface area contributed by atoms with Crippen molar-refractivity contribution in [2.24, 2.45) is 0 Å². The van der Waals surface area contributed by atoms with Gasteiger partial charge in [0, 0.05) is 32.1 Å². The number of H-pyrrole nitrogens is 1. The van der Waals surface area contributed by atoms with Crippen molar-refractivity contribution in [2.75, 3.05) is 20.2 Å². The zero-order chi connectivity index (χ0) is 24.9. The van der Waals surface area contributed by atoms with Crippen molar-refractivity contribution in [3.05, 3.63) is 83.8 Å². The lowest BCUT2D eigenvalue weighted by molar-refractivity contribution is 0.0945. The number of nitrogens with zero attached hydrogens (tertiary/aromatic N) is 3. The number of oxazole rings is 1. The summed E-state index contributed by atoms with van der Waals surface area (Å²) in [4.78, 5) is 28.5. The molecule has 0 unspecified atom stereocenters. The van der Waals surface area contributed by atoms with Crippen molar-refractivity contribution in [3.8, 4) is 5.75 Å². The van der Waals surface area contributed by atoms with E-state index in [2.05, 4.69) is 31.7 Å². The molecule has 0 spiro atoms. The number of imidazole rings is 1. The van der Waals surface area contributed by atoms with Gasteiger partial charge in [0.2, 0.25) is 0 Å². The Hall–Kier alpha value is -4.31. The summed E-state index contributed by atoms with van der Waals surface area (Å²) in [6.07, 6.45) is 4.00. The molecule has 3 heterocycles. The topological polar surface area (TPSA) is 118 Å². The second-order valence-electron chi connectivity index (χ2n) is 8.19. The van der Waals surface area contributed by atoms with Crippen molar-refractivity contribution in [3.63, 3.8) is 0 Å². The van der Waals surface area contributed by atoms with Crippen LogP contribution in [0.3, 0.4) is 0 Å². The van der Waals surface area contributed by atoms with E-state index in [4.69, 9.17) is 14.1 Å². The van der Waals surface area contributed by atoms with Gasteiger partial charge in [0.15, 0.2) is 11.6 Å². The van der Waals surface area contributed by atoms with Crippen LogP contribution >= 0.6 is 0 Å². The number of nitrogens with one attached hydrogen (secondary N) is 3. The summed E-state index contributed by atoms with van der Waals surface area (Å²) in [6.45, 7) is 1.30. The summed E-state index contributed by atoms with van der Waals surface area (Å²) >= 11 is 0.